The van der Waals surface area contributed by atoms with Gasteiger partial charge in [-0.05, 0) is 24.0 Å². The molecule has 3 rings (SSSR count). The third kappa shape index (κ3) is 1.95. The lowest BCUT2D eigenvalue weighted by molar-refractivity contribution is 0.0773. The van der Waals surface area contributed by atoms with Crippen LogP contribution < -0.4 is 11.5 Å². The molecule has 5 N–H and O–H groups in total. The molecule has 1 aromatic heterocycles. The van der Waals surface area contributed by atoms with Crippen molar-refractivity contribution in [3.63, 3.8) is 0 Å². The van der Waals surface area contributed by atoms with Gasteiger partial charge in [0.1, 0.15) is 0 Å². The molecule has 2 aromatic rings. The Morgan fingerprint density at radius 3 is 2.59 bits per heavy atom. The Kier molecular flexibility index (Phi) is 3.50. The molecule has 1 amide bonds. The summed E-state index contributed by atoms with van der Waals surface area (Å²) in [5, 5.41) is 10.2. The third-order valence-corrected chi connectivity index (χ3v) is 5.38. The number of hydrogen-bond donors (Lipinski definition) is 3. The van der Waals surface area contributed by atoms with Crippen LogP contribution in [0.1, 0.15) is 37.6 Å². The predicted molar refractivity (Wildman–Crippen MR) is 85.1 cm³/mol. The molecule has 0 bridgehead atoms. The van der Waals surface area contributed by atoms with Crippen LogP contribution in [0.3, 0.4) is 0 Å². The highest BCUT2D eigenvalue weighted by molar-refractivity contribution is 7.18. The van der Waals surface area contributed by atoms with Gasteiger partial charge in [-0.2, -0.15) is 0 Å². The van der Waals surface area contributed by atoms with Crippen LogP contribution >= 0.6 is 11.3 Å². The zero-order valence-corrected chi connectivity index (χ0v) is 12.7. The first-order chi connectivity index (χ1) is 10.5. The van der Waals surface area contributed by atoms with E-state index in [0.29, 0.717) is 23.3 Å². The Labute approximate surface area is 131 Å². The lowest BCUT2D eigenvalue weighted by Gasteiger charge is -2.34. The molecule has 5 nitrogen and oxygen atoms in total. The number of carbonyl (C=O) groups is 2. The number of nitrogens with two attached hydrogens (primary N) is 2. The van der Waals surface area contributed by atoms with E-state index in [1.165, 1.54) is 0 Å². The van der Waals surface area contributed by atoms with Crippen molar-refractivity contribution in [1.82, 2.24) is 0 Å². The zero-order chi connectivity index (χ0) is 15.9. The Morgan fingerprint density at radius 1 is 1.32 bits per heavy atom. The fraction of sp³-hybridized carbons (Fsp3) is 0.250. The minimum atomic E-state index is -0.972. The largest absolute Gasteiger partial charge is 0.395 e. The molecule has 0 saturated heterocycles. The smallest absolute Gasteiger partial charge is 0.251 e. The second-order valence-electron chi connectivity index (χ2n) is 5.45. The first-order valence-corrected chi connectivity index (χ1v) is 7.75. The molecule has 1 heterocycles. The van der Waals surface area contributed by atoms with Crippen molar-refractivity contribution in [3.05, 3.63) is 51.9 Å². The summed E-state index contributed by atoms with van der Waals surface area (Å²) in [6.45, 7) is -0.279. The molecule has 0 saturated carbocycles. The van der Waals surface area contributed by atoms with Gasteiger partial charge in [0.15, 0.2) is 5.78 Å². The van der Waals surface area contributed by atoms with Crippen LogP contribution in [0.25, 0.3) is 0 Å². The Balaban J connectivity index is 2.15. The van der Waals surface area contributed by atoms with Crippen LogP contribution in [-0.4, -0.2) is 23.4 Å². The van der Waals surface area contributed by atoms with Gasteiger partial charge in [-0.15, -0.1) is 11.3 Å². The Morgan fingerprint density at radius 2 is 2.00 bits per heavy atom. The summed E-state index contributed by atoms with van der Waals surface area (Å²) in [5.74, 6) is -0.800. The summed E-state index contributed by atoms with van der Waals surface area (Å²) in [6.07, 6.45) is 0.915. The summed E-state index contributed by atoms with van der Waals surface area (Å²) < 4.78 is 0. The number of hydrogen-bond acceptors (Lipinski definition) is 5. The minimum absolute atomic E-state index is 0.188. The molecule has 1 unspecified atom stereocenters. The van der Waals surface area contributed by atoms with Crippen molar-refractivity contribution in [2.45, 2.75) is 18.3 Å². The van der Waals surface area contributed by atoms with E-state index in [1.807, 2.05) is 30.3 Å². The van der Waals surface area contributed by atoms with Crippen LogP contribution in [0.5, 0.6) is 0 Å². The number of rotatable bonds is 3. The molecular weight excluding hydrogens is 300 g/mol. The van der Waals surface area contributed by atoms with Gasteiger partial charge in [0.2, 0.25) is 0 Å². The molecule has 6 heteroatoms. The van der Waals surface area contributed by atoms with Gasteiger partial charge in [-0.3, -0.25) is 9.59 Å². The van der Waals surface area contributed by atoms with Crippen LogP contribution in [-0.2, 0) is 11.8 Å². The number of aliphatic hydroxyl groups excluding tert-OH is 1. The van der Waals surface area contributed by atoms with E-state index in [2.05, 4.69) is 0 Å². The van der Waals surface area contributed by atoms with Crippen LogP contribution in [0.15, 0.2) is 30.3 Å². The second kappa shape index (κ2) is 5.23. The van der Waals surface area contributed by atoms with Crippen molar-refractivity contribution in [2.75, 3.05) is 12.3 Å². The first-order valence-electron chi connectivity index (χ1n) is 6.93. The summed E-state index contributed by atoms with van der Waals surface area (Å²) in [4.78, 5) is 25.0. The number of anilines is 1. The monoisotopic (exact) mass is 316 g/mol. The first kappa shape index (κ1) is 14.7. The maximum Gasteiger partial charge on any atom is 0.251 e. The topological polar surface area (TPSA) is 106 Å². The molecule has 22 heavy (non-hydrogen) atoms. The van der Waals surface area contributed by atoms with Crippen molar-refractivity contribution >= 4 is 28.0 Å². The highest BCUT2D eigenvalue weighted by Crippen LogP contribution is 2.44. The number of Topliss-reactive ketones (excluding diaryl/α,β-unsaturated/α-hetero) is 1. The van der Waals surface area contributed by atoms with Gasteiger partial charge < -0.3 is 16.6 Å². The standard InChI is InChI=1S/C16H16N2O3S/c17-14(21)11-10-6-7-16(8-19,9-4-2-1-3-5-9)13(20)12(10)22-15(11)18/h1-5,19H,6-8,18H2,(H2,17,21). The molecule has 0 radical (unpaired) electrons. The van der Waals surface area contributed by atoms with Gasteiger partial charge in [0, 0.05) is 0 Å². The molecule has 1 aromatic carbocycles. The maximum absolute atomic E-state index is 13.0. The fourth-order valence-electron chi connectivity index (χ4n) is 3.12. The van der Waals surface area contributed by atoms with E-state index in [1.54, 1.807) is 0 Å². The number of carbonyl (C=O) groups excluding carboxylic acids is 2. The fourth-order valence-corrected chi connectivity index (χ4v) is 4.28. The summed E-state index contributed by atoms with van der Waals surface area (Å²) in [7, 11) is 0. The number of aliphatic hydroxyl groups is 1. The van der Waals surface area contributed by atoms with E-state index >= 15 is 0 Å². The molecule has 0 spiro atoms. The van der Waals surface area contributed by atoms with E-state index in [0.717, 1.165) is 16.9 Å². The number of fused-ring (bicyclic) bond motifs is 1. The second-order valence-corrected chi connectivity index (χ2v) is 6.50. The minimum Gasteiger partial charge on any atom is -0.395 e. The highest BCUT2D eigenvalue weighted by atomic mass is 32.1. The highest BCUT2D eigenvalue weighted by Gasteiger charge is 2.46. The molecule has 1 aliphatic carbocycles. The number of benzene rings is 1. The zero-order valence-electron chi connectivity index (χ0n) is 11.8. The molecule has 114 valence electrons. The predicted octanol–water partition coefficient (Wildman–Crippen LogP) is 1.49. The summed E-state index contributed by atoms with van der Waals surface area (Å²) >= 11 is 1.08. The Bertz CT molecular complexity index is 754. The Hall–Kier alpha value is -2.18. The number of primary amides is 1. The maximum atomic E-state index is 13.0. The third-order valence-electron chi connectivity index (χ3n) is 4.32. The van der Waals surface area contributed by atoms with Gasteiger partial charge in [0.25, 0.3) is 5.91 Å². The van der Waals surface area contributed by atoms with Crippen LogP contribution in [0.2, 0.25) is 0 Å². The van der Waals surface area contributed by atoms with Gasteiger partial charge in [-0.1, -0.05) is 30.3 Å². The SMILES string of the molecule is NC(=O)c1c(N)sc2c1CCC(CO)(c1ccccc1)C2=O. The van der Waals surface area contributed by atoms with Crippen molar-refractivity contribution in [2.24, 2.45) is 5.73 Å². The summed E-state index contributed by atoms with van der Waals surface area (Å²) in [5.41, 5.74) is 11.9. The molecule has 0 aliphatic heterocycles. The van der Waals surface area contributed by atoms with Crippen LogP contribution in [0, 0.1) is 0 Å². The van der Waals surface area contributed by atoms with Gasteiger partial charge in [-0.25, -0.2) is 0 Å². The normalized spacial score (nSPS) is 20.7. The number of nitrogen functional groups attached to an aromatic ring is 1. The van der Waals surface area contributed by atoms with E-state index in [-0.39, 0.29) is 23.0 Å². The van der Waals surface area contributed by atoms with Crippen molar-refractivity contribution in [3.8, 4) is 0 Å². The number of thiophene rings is 1. The van der Waals surface area contributed by atoms with E-state index in [9.17, 15) is 14.7 Å². The van der Waals surface area contributed by atoms with Crippen molar-refractivity contribution in [1.29, 1.82) is 0 Å². The average Bonchev–Trinajstić information content (AvgIpc) is 2.86. The van der Waals surface area contributed by atoms with E-state index < -0.39 is 11.3 Å². The van der Waals surface area contributed by atoms with Crippen LogP contribution in [0.4, 0.5) is 5.00 Å². The van der Waals surface area contributed by atoms with Crippen molar-refractivity contribution < 1.29 is 14.7 Å². The average molecular weight is 316 g/mol. The lowest BCUT2D eigenvalue weighted by Crippen LogP contribution is -2.43. The van der Waals surface area contributed by atoms with Gasteiger partial charge >= 0.3 is 0 Å². The molecular formula is C16H16N2O3S. The number of amides is 1. The molecule has 1 atom stereocenters. The molecule has 1 aliphatic rings. The number of ketones is 1. The lowest BCUT2D eigenvalue weighted by atomic mass is 9.69. The quantitative estimate of drug-likeness (QED) is 0.797. The van der Waals surface area contributed by atoms with Gasteiger partial charge in [0.05, 0.1) is 27.5 Å². The summed E-state index contributed by atoms with van der Waals surface area (Å²) in [6, 6.07) is 9.22. The van der Waals surface area contributed by atoms with E-state index in [4.69, 9.17) is 11.5 Å². The molecule has 0 fully saturated rings.